The standard InChI is InChI=1S/C25H28N4O3S/c1-5-29-14-19(18-9-7-8-10-20(18)29)21(30)16-33-25-27-26-24(28(25)4)15-32-22-12-11-17(3)13-23(22)31-6-2/h7-14H,5-6,15-16H2,1-4H3. The van der Waals surface area contributed by atoms with Crippen molar-refractivity contribution in [3.05, 3.63) is 65.6 Å². The van der Waals surface area contributed by atoms with E-state index < -0.39 is 0 Å². The van der Waals surface area contributed by atoms with Crippen molar-refractivity contribution in [3.63, 3.8) is 0 Å². The highest BCUT2D eigenvalue weighted by Gasteiger charge is 2.17. The molecule has 0 fully saturated rings. The lowest BCUT2D eigenvalue weighted by molar-refractivity contribution is 0.102. The van der Waals surface area contributed by atoms with Gasteiger partial charge in [0.1, 0.15) is 6.61 Å². The van der Waals surface area contributed by atoms with Crippen LogP contribution in [0.5, 0.6) is 11.5 Å². The van der Waals surface area contributed by atoms with Crippen molar-refractivity contribution in [2.75, 3.05) is 12.4 Å². The zero-order chi connectivity index (χ0) is 23.4. The molecule has 0 radical (unpaired) electrons. The Balaban J connectivity index is 1.42. The van der Waals surface area contributed by atoms with Gasteiger partial charge in [0.15, 0.2) is 28.3 Å². The third kappa shape index (κ3) is 4.90. The average Bonchev–Trinajstić information content (AvgIpc) is 3.37. The number of carbonyl (C=O) groups is 1. The lowest BCUT2D eigenvalue weighted by Crippen LogP contribution is -2.07. The second kappa shape index (κ2) is 10.1. The highest BCUT2D eigenvalue weighted by atomic mass is 32.2. The van der Waals surface area contributed by atoms with E-state index in [4.69, 9.17) is 9.47 Å². The van der Waals surface area contributed by atoms with Crippen LogP contribution in [0.25, 0.3) is 10.9 Å². The third-order valence-electron chi connectivity index (χ3n) is 5.44. The van der Waals surface area contributed by atoms with Crippen LogP contribution in [0.15, 0.2) is 53.8 Å². The van der Waals surface area contributed by atoms with E-state index in [1.54, 1.807) is 0 Å². The fourth-order valence-electron chi connectivity index (χ4n) is 3.68. The summed E-state index contributed by atoms with van der Waals surface area (Å²) in [6, 6.07) is 13.8. The summed E-state index contributed by atoms with van der Waals surface area (Å²) in [5.74, 6) is 2.42. The number of benzene rings is 2. The summed E-state index contributed by atoms with van der Waals surface area (Å²) in [4.78, 5) is 13.0. The minimum atomic E-state index is 0.0743. The van der Waals surface area contributed by atoms with Gasteiger partial charge in [0.2, 0.25) is 0 Å². The monoisotopic (exact) mass is 464 g/mol. The Hall–Kier alpha value is -3.26. The van der Waals surface area contributed by atoms with Gasteiger partial charge in [0.05, 0.1) is 12.4 Å². The van der Waals surface area contributed by atoms with Crippen LogP contribution in [0.2, 0.25) is 0 Å². The van der Waals surface area contributed by atoms with Gasteiger partial charge >= 0.3 is 0 Å². The molecule has 0 saturated carbocycles. The molecule has 0 aliphatic heterocycles. The van der Waals surface area contributed by atoms with E-state index in [2.05, 4.69) is 21.7 Å². The number of hydrogen-bond acceptors (Lipinski definition) is 6. The first kappa shape index (κ1) is 22.9. The molecule has 0 N–H and O–H groups in total. The zero-order valence-corrected chi connectivity index (χ0v) is 20.2. The molecule has 0 bridgehead atoms. The summed E-state index contributed by atoms with van der Waals surface area (Å²) < 4.78 is 15.6. The van der Waals surface area contributed by atoms with Crippen LogP contribution in [0.1, 0.15) is 35.6 Å². The Labute approximate surface area is 197 Å². The van der Waals surface area contributed by atoms with Crippen molar-refractivity contribution in [1.82, 2.24) is 19.3 Å². The SMILES string of the molecule is CCOc1cc(C)ccc1OCc1nnc(SCC(=O)c2cn(CC)c3ccccc23)n1C. The molecule has 4 rings (SSSR count). The van der Waals surface area contributed by atoms with Crippen LogP contribution in [-0.4, -0.2) is 37.5 Å². The van der Waals surface area contributed by atoms with Gasteiger partial charge in [0.25, 0.3) is 0 Å². The molecule has 0 saturated heterocycles. The predicted octanol–water partition coefficient (Wildman–Crippen LogP) is 5.05. The number of aromatic nitrogens is 4. The van der Waals surface area contributed by atoms with Gasteiger partial charge in [-0.1, -0.05) is 36.0 Å². The minimum Gasteiger partial charge on any atom is -0.490 e. The third-order valence-corrected chi connectivity index (χ3v) is 6.46. The summed E-state index contributed by atoms with van der Waals surface area (Å²) in [6.07, 6.45) is 1.95. The number of Topliss-reactive ketones (excluding diaryl/α,β-unsaturated/α-hetero) is 1. The van der Waals surface area contributed by atoms with Gasteiger partial charge in [-0.25, -0.2) is 0 Å². The average molecular weight is 465 g/mol. The number of para-hydroxylation sites is 1. The molecule has 0 atom stereocenters. The Morgan fingerprint density at radius 1 is 1.06 bits per heavy atom. The number of aryl methyl sites for hydroxylation is 2. The summed E-state index contributed by atoms with van der Waals surface area (Å²) in [5, 5.41) is 10.2. The lowest BCUT2D eigenvalue weighted by atomic mass is 10.1. The van der Waals surface area contributed by atoms with Crippen LogP contribution in [-0.2, 0) is 20.2 Å². The lowest BCUT2D eigenvalue weighted by Gasteiger charge is -2.12. The van der Waals surface area contributed by atoms with Gasteiger partial charge in [-0.15, -0.1) is 10.2 Å². The molecule has 8 heteroatoms. The topological polar surface area (TPSA) is 71.2 Å². The molecule has 7 nitrogen and oxygen atoms in total. The Kier molecular flexibility index (Phi) is 7.03. The number of nitrogens with zero attached hydrogens (tertiary/aromatic N) is 4. The van der Waals surface area contributed by atoms with Crippen molar-refractivity contribution in [3.8, 4) is 11.5 Å². The molecule has 2 heterocycles. The molecular weight excluding hydrogens is 436 g/mol. The van der Waals surface area contributed by atoms with E-state index in [9.17, 15) is 4.79 Å². The van der Waals surface area contributed by atoms with E-state index in [1.165, 1.54) is 11.8 Å². The fourth-order valence-corrected chi connectivity index (χ4v) is 4.49. The van der Waals surface area contributed by atoms with Gasteiger partial charge in [0, 0.05) is 36.3 Å². The van der Waals surface area contributed by atoms with Crippen LogP contribution < -0.4 is 9.47 Å². The van der Waals surface area contributed by atoms with Gasteiger partial charge in [-0.2, -0.15) is 0 Å². The molecule has 0 aliphatic rings. The second-order valence-corrected chi connectivity index (χ2v) is 8.63. The van der Waals surface area contributed by atoms with Crippen LogP contribution >= 0.6 is 11.8 Å². The highest BCUT2D eigenvalue weighted by Crippen LogP contribution is 2.29. The molecule has 172 valence electrons. The maximum atomic E-state index is 13.0. The minimum absolute atomic E-state index is 0.0743. The smallest absolute Gasteiger partial charge is 0.191 e. The zero-order valence-electron chi connectivity index (χ0n) is 19.4. The molecule has 4 aromatic rings. The van der Waals surface area contributed by atoms with E-state index >= 15 is 0 Å². The molecule has 2 aromatic heterocycles. The normalized spacial score (nSPS) is 11.2. The Morgan fingerprint density at radius 3 is 2.67 bits per heavy atom. The molecular formula is C25H28N4O3S. The number of carbonyl (C=O) groups excluding carboxylic acids is 1. The number of thioether (sulfide) groups is 1. The van der Waals surface area contributed by atoms with E-state index in [1.807, 2.05) is 74.1 Å². The van der Waals surface area contributed by atoms with Gasteiger partial charge in [-0.3, -0.25) is 4.79 Å². The molecule has 0 unspecified atom stereocenters. The fraction of sp³-hybridized carbons (Fsp3) is 0.320. The predicted molar refractivity (Wildman–Crippen MR) is 130 cm³/mol. The molecule has 0 aliphatic carbocycles. The first-order valence-electron chi connectivity index (χ1n) is 11.0. The van der Waals surface area contributed by atoms with E-state index in [0.717, 1.165) is 28.6 Å². The number of ether oxygens (including phenoxy) is 2. The van der Waals surface area contributed by atoms with Crippen molar-refractivity contribution >= 4 is 28.4 Å². The summed E-state index contributed by atoms with van der Waals surface area (Å²) in [5.41, 5.74) is 2.93. The Morgan fingerprint density at radius 2 is 1.88 bits per heavy atom. The number of fused-ring (bicyclic) bond motifs is 1. The van der Waals surface area contributed by atoms with E-state index in [0.29, 0.717) is 29.1 Å². The van der Waals surface area contributed by atoms with E-state index in [-0.39, 0.29) is 18.1 Å². The van der Waals surface area contributed by atoms with Crippen LogP contribution in [0, 0.1) is 6.92 Å². The first-order valence-corrected chi connectivity index (χ1v) is 12.0. The van der Waals surface area contributed by atoms with Crippen LogP contribution in [0.3, 0.4) is 0 Å². The largest absolute Gasteiger partial charge is 0.490 e. The van der Waals surface area contributed by atoms with Gasteiger partial charge < -0.3 is 18.6 Å². The number of hydrogen-bond donors (Lipinski definition) is 0. The number of rotatable bonds is 10. The molecule has 0 amide bonds. The molecule has 33 heavy (non-hydrogen) atoms. The number of ketones is 1. The summed E-state index contributed by atoms with van der Waals surface area (Å²) in [7, 11) is 1.88. The first-order chi connectivity index (χ1) is 16.0. The van der Waals surface area contributed by atoms with Gasteiger partial charge in [-0.05, 0) is 44.5 Å². The quantitative estimate of drug-likeness (QED) is 0.242. The maximum absolute atomic E-state index is 13.0. The Bertz CT molecular complexity index is 1280. The van der Waals surface area contributed by atoms with Crippen molar-refractivity contribution in [1.29, 1.82) is 0 Å². The van der Waals surface area contributed by atoms with Crippen molar-refractivity contribution in [2.24, 2.45) is 7.05 Å². The highest BCUT2D eigenvalue weighted by molar-refractivity contribution is 7.99. The maximum Gasteiger partial charge on any atom is 0.191 e. The molecule has 0 spiro atoms. The molecule has 2 aromatic carbocycles. The summed E-state index contributed by atoms with van der Waals surface area (Å²) in [6.45, 7) is 7.67. The summed E-state index contributed by atoms with van der Waals surface area (Å²) >= 11 is 1.38. The van der Waals surface area contributed by atoms with Crippen molar-refractivity contribution < 1.29 is 14.3 Å². The second-order valence-electron chi connectivity index (χ2n) is 7.69. The van der Waals surface area contributed by atoms with Crippen LogP contribution in [0.4, 0.5) is 0 Å². The van der Waals surface area contributed by atoms with Crippen molar-refractivity contribution in [2.45, 2.75) is 39.1 Å².